The molecule has 0 bridgehead atoms. The highest BCUT2D eigenvalue weighted by Crippen LogP contribution is 2.34. The van der Waals surface area contributed by atoms with Gasteiger partial charge < -0.3 is 10.1 Å². The Kier molecular flexibility index (Phi) is 3.66. The second-order valence-corrected chi connectivity index (χ2v) is 6.58. The number of hydrogen-bond donors (Lipinski definition) is 1. The Hall–Kier alpha value is -1.04. The zero-order valence-electron chi connectivity index (χ0n) is 10.8. The summed E-state index contributed by atoms with van der Waals surface area (Å²) < 4.78 is 8.20. The third kappa shape index (κ3) is 3.48. The maximum atomic E-state index is 11.5. The maximum absolute atomic E-state index is 11.5. The highest BCUT2D eigenvalue weighted by atomic mass is 79.9. The summed E-state index contributed by atoms with van der Waals surface area (Å²) in [5.41, 5.74) is -0.257. The molecule has 1 fully saturated rings. The lowest BCUT2D eigenvalue weighted by molar-refractivity contribution is 0.0153. The summed E-state index contributed by atoms with van der Waals surface area (Å²) in [6, 6.07) is 0.337. The molecule has 0 aromatic carbocycles. The predicted molar refractivity (Wildman–Crippen MR) is 71.4 cm³/mol. The Bertz CT molecular complexity index is 433. The number of rotatable bonds is 2. The normalized spacial score (nSPS) is 23.3. The van der Waals surface area contributed by atoms with Gasteiger partial charge in [0.2, 0.25) is 0 Å². The van der Waals surface area contributed by atoms with Crippen LogP contribution in [0.15, 0.2) is 16.9 Å². The molecule has 1 aromatic heterocycles. The SMILES string of the molecule is CC(C)(C)NC(=O)OC1CC(n2cc(Br)cn2)C1. The molecule has 0 aliphatic heterocycles. The van der Waals surface area contributed by atoms with E-state index in [1.165, 1.54) is 0 Å². The number of nitrogens with zero attached hydrogens (tertiary/aromatic N) is 2. The second-order valence-electron chi connectivity index (χ2n) is 5.67. The van der Waals surface area contributed by atoms with Crippen LogP contribution in [0.5, 0.6) is 0 Å². The number of carbonyl (C=O) groups is 1. The fourth-order valence-electron chi connectivity index (χ4n) is 1.85. The molecule has 2 rings (SSSR count). The number of aromatic nitrogens is 2. The fourth-order valence-corrected chi connectivity index (χ4v) is 2.15. The van der Waals surface area contributed by atoms with Gasteiger partial charge in [-0.1, -0.05) is 0 Å². The molecule has 1 aliphatic rings. The molecule has 0 saturated heterocycles. The van der Waals surface area contributed by atoms with Gasteiger partial charge in [-0.05, 0) is 36.7 Å². The average Bonchev–Trinajstić information content (AvgIpc) is 2.54. The molecule has 0 atom stereocenters. The lowest BCUT2D eigenvalue weighted by Gasteiger charge is -2.35. The van der Waals surface area contributed by atoms with E-state index in [9.17, 15) is 4.79 Å². The fraction of sp³-hybridized carbons (Fsp3) is 0.667. The lowest BCUT2D eigenvalue weighted by atomic mass is 9.89. The van der Waals surface area contributed by atoms with Crippen molar-refractivity contribution in [3.8, 4) is 0 Å². The van der Waals surface area contributed by atoms with Gasteiger partial charge in [-0.25, -0.2) is 4.79 Å². The molecule has 0 radical (unpaired) electrons. The van der Waals surface area contributed by atoms with Crippen molar-refractivity contribution in [1.29, 1.82) is 0 Å². The van der Waals surface area contributed by atoms with Crippen LogP contribution in [0.4, 0.5) is 4.79 Å². The van der Waals surface area contributed by atoms with Gasteiger partial charge >= 0.3 is 6.09 Å². The van der Waals surface area contributed by atoms with Crippen molar-refractivity contribution in [3.63, 3.8) is 0 Å². The highest BCUT2D eigenvalue weighted by molar-refractivity contribution is 9.10. The van der Waals surface area contributed by atoms with Crippen LogP contribution in [-0.2, 0) is 4.74 Å². The van der Waals surface area contributed by atoms with Crippen molar-refractivity contribution in [2.24, 2.45) is 0 Å². The smallest absolute Gasteiger partial charge is 0.407 e. The Labute approximate surface area is 115 Å². The van der Waals surface area contributed by atoms with E-state index in [1.54, 1.807) is 6.20 Å². The zero-order valence-corrected chi connectivity index (χ0v) is 12.4. The molecular formula is C12H18BrN3O2. The first-order chi connectivity index (χ1) is 8.33. The summed E-state index contributed by atoms with van der Waals surface area (Å²) in [6.45, 7) is 5.79. The quantitative estimate of drug-likeness (QED) is 0.913. The van der Waals surface area contributed by atoms with Crippen molar-refractivity contribution in [3.05, 3.63) is 16.9 Å². The first-order valence-electron chi connectivity index (χ1n) is 6.02. The van der Waals surface area contributed by atoms with Crippen LogP contribution in [0.25, 0.3) is 0 Å². The molecule has 1 heterocycles. The van der Waals surface area contributed by atoms with Crippen LogP contribution in [0, 0.1) is 0 Å². The van der Waals surface area contributed by atoms with Crippen molar-refractivity contribution in [2.45, 2.75) is 51.3 Å². The molecule has 1 aromatic rings. The second kappa shape index (κ2) is 4.91. The highest BCUT2D eigenvalue weighted by Gasteiger charge is 2.34. The van der Waals surface area contributed by atoms with Crippen molar-refractivity contribution >= 4 is 22.0 Å². The van der Waals surface area contributed by atoms with E-state index >= 15 is 0 Å². The molecular weight excluding hydrogens is 298 g/mol. The van der Waals surface area contributed by atoms with Crippen molar-refractivity contribution in [1.82, 2.24) is 15.1 Å². The topological polar surface area (TPSA) is 56.1 Å². The van der Waals surface area contributed by atoms with Gasteiger partial charge in [0.1, 0.15) is 6.10 Å². The number of nitrogens with one attached hydrogen (secondary N) is 1. The van der Waals surface area contributed by atoms with E-state index in [1.807, 2.05) is 31.6 Å². The molecule has 0 unspecified atom stereocenters. The van der Waals surface area contributed by atoms with Crippen LogP contribution in [-0.4, -0.2) is 27.5 Å². The monoisotopic (exact) mass is 315 g/mol. The molecule has 1 aliphatic carbocycles. The van der Waals surface area contributed by atoms with Gasteiger partial charge in [0, 0.05) is 24.6 Å². The van der Waals surface area contributed by atoms with Gasteiger partial charge in [-0.15, -0.1) is 0 Å². The van der Waals surface area contributed by atoms with Crippen LogP contribution in [0.1, 0.15) is 39.7 Å². The maximum Gasteiger partial charge on any atom is 0.407 e. The molecule has 1 amide bonds. The van der Waals surface area contributed by atoms with E-state index in [4.69, 9.17) is 4.74 Å². The Morgan fingerprint density at radius 1 is 1.56 bits per heavy atom. The molecule has 5 nitrogen and oxygen atoms in total. The van der Waals surface area contributed by atoms with Gasteiger partial charge in [0.05, 0.1) is 16.7 Å². The number of alkyl carbamates (subject to hydrolysis) is 1. The molecule has 6 heteroatoms. The average molecular weight is 316 g/mol. The molecule has 18 heavy (non-hydrogen) atoms. The molecule has 0 spiro atoms. The Morgan fingerprint density at radius 3 is 2.72 bits per heavy atom. The van der Waals surface area contributed by atoms with Crippen LogP contribution in [0.3, 0.4) is 0 Å². The van der Waals surface area contributed by atoms with Crippen LogP contribution < -0.4 is 5.32 Å². The van der Waals surface area contributed by atoms with E-state index in [0.717, 1.165) is 17.3 Å². The summed E-state index contributed by atoms with van der Waals surface area (Å²) >= 11 is 3.36. The summed E-state index contributed by atoms with van der Waals surface area (Å²) in [5.74, 6) is 0. The van der Waals surface area contributed by atoms with E-state index in [0.29, 0.717) is 6.04 Å². The van der Waals surface area contributed by atoms with E-state index in [2.05, 4.69) is 26.3 Å². The number of amides is 1. The number of ether oxygens (including phenoxy) is 1. The Balaban J connectivity index is 1.75. The van der Waals surface area contributed by atoms with Gasteiger partial charge in [-0.2, -0.15) is 5.10 Å². The number of halogens is 1. The third-order valence-electron chi connectivity index (χ3n) is 2.76. The largest absolute Gasteiger partial charge is 0.446 e. The van der Waals surface area contributed by atoms with Crippen molar-refractivity contribution in [2.75, 3.05) is 0 Å². The van der Waals surface area contributed by atoms with Gasteiger partial charge in [0.25, 0.3) is 0 Å². The van der Waals surface area contributed by atoms with Crippen LogP contribution in [0.2, 0.25) is 0 Å². The minimum Gasteiger partial charge on any atom is -0.446 e. The zero-order chi connectivity index (χ0) is 13.3. The molecule has 100 valence electrons. The van der Waals surface area contributed by atoms with E-state index in [-0.39, 0.29) is 17.7 Å². The van der Waals surface area contributed by atoms with Crippen LogP contribution >= 0.6 is 15.9 Å². The first-order valence-corrected chi connectivity index (χ1v) is 6.81. The number of carbonyl (C=O) groups excluding carboxylic acids is 1. The summed E-state index contributed by atoms with van der Waals surface area (Å²) in [4.78, 5) is 11.5. The van der Waals surface area contributed by atoms with E-state index < -0.39 is 0 Å². The summed E-state index contributed by atoms with van der Waals surface area (Å²) in [5, 5.41) is 7.01. The standard InChI is InChI=1S/C12H18BrN3O2/c1-12(2,3)15-11(17)18-10-4-9(5-10)16-7-8(13)6-14-16/h6-7,9-10H,4-5H2,1-3H3,(H,15,17). The third-order valence-corrected chi connectivity index (χ3v) is 3.17. The van der Waals surface area contributed by atoms with Gasteiger partial charge in [0.15, 0.2) is 0 Å². The first kappa shape index (κ1) is 13.4. The van der Waals surface area contributed by atoms with Gasteiger partial charge in [-0.3, -0.25) is 4.68 Å². The predicted octanol–water partition coefficient (Wildman–Crippen LogP) is 2.87. The minimum atomic E-state index is -0.340. The number of hydrogen-bond acceptors (Lipinski definition) is 3. The summed E-state index contributed by atoms with van der Waals surface area (Å²) in [6.07, 6.45) is 5.02. The molecule has 1 saturated carbocycles. The lowest BCUT2D eigenvalue weighted by Crippen LogP contribution is -2.44. The summed E-state index contributed by atoms with van der Waals surface area (Å²) in [7, 11) is 0. The Morgan fingerprint density at radius 2 is 2.22 bits per heavy atom. The van der Waals surface area contributed by atoms with Crippen molar-refractivity contribution < 1.29 is 9.53 Å². The molecule has 1 N–H and O–H groups in total. The minimum absolute atomic E-state index is 0.000301.